The van der Waals surface area contributed by atoms with Gasteiger partial charge >= 0.3 is 5.97 Å². The topological polar surface area (TPSA) is 152 Å². The molecule has 278 valence electrons. The summed E-state index contributed by atoms with van der Waals surface area (Å²) in [6.07, 6.45) is 11.8. The van der Waals surface area contributed by atoms with Crippen molar-refractivity contribution < 1.29 is 38.5 Å². The fourth-order valence-electron chi connectivity index (χ4n) is 6.63. The molecule has 11 nitrogen and oxygen atoms in total. The Morgan fingerprint density at radius 3 is 1.54 bits per heavy atom. The van der Waals surface area contributed by atoms with Crippen LogP contribution in [-0.4, -0.2) is 48.1 Å². The van der Waals surface area contributed by atoms with E-state index in [0.29, 0.717) is 71.3 Å². The Bertz CT molecular complexity index is 1730. The number of carboxylic acids is 1. The summed E-state index contributed by atoms with van der Waals surface area (Å²) in [4.78, 5) is 50.8. The van der Waals surface area contributed by atoms with E-state index in [9.17, 15) is 24.3 Å². The zero-order chi connectivity index (χ0) is 37.0. The molecule has 11 heteroatoms. The van der Waals surface area contributed by atoms with E-state index in [1.165, 1.54) is 50.8 Å². The van der Waals surface area contributed by atoms with Gasteiger partial charge in [-0.05, 0) is 105 Å². The van der Waals surface area contributed by atoms with Crippen molar-refractivity contribution in [1.29, 1.82) is 0 Å². The van der Waals surface area contributed by atoms with Crippen LogP contribution < -0.4 is 30.2 Å². The van der Waals surface area contributed by atoms with E-state index < -0.39 is 17.8 Å². The summed E-state index contributed by atoms with van der Waals surface area (Å²) in [6, 6.07) is 14.1. The van der Waals surface area contributed by atoms with Crippen LogP contribution in [0.25, 0.3) is 0 Å². The third-order valence-electron chi connectivity index (χ3n) is 9.82. The molecule has 2 aliphatic rings. The predicted molar refractivity (Wildman–Crippen MR) is 201 cm³/mol. The number of amides is 3. The lowest BCUT2D eigenvalue weighted by molar-refractivity contribution is -0.114. The van der Waals surface area contributed by atoms with Gasteiger partial charge in [0.1, 0.15) is 17.2 Å². The molecule has 0 radical (unpaired) electrons. The van der Waals surface area contributed by atoms with Gasteiger partial charge in [-0.2, -0.15) is 0 Å². The number of nitrogens with one attached hydrogen (secondary N) is 3. The van der Waals surface area contributed by atoms with E-state index in [2.05, 4.69) is 16.0 Å². The van der Waals surface area contributed by atoms with Crippen molar-refractivity contribution in [1.82, 2.24) is 0 Å². The zero-order valence-corrected chi connectivity index (χ0v) is 30.4. The molecule has 0 aromatic heterocycles. The first-order valence-electron chi connectivity index (χ1n) is 18.6. The van der Waals surface area contributed by atoms with Crippen LogP contribution in [0.1, 0.15) is 122 Å². The monoisotopic (exact) mass is 713 g/mol. The molecule has 0 saturated heterocycles. The minimum Gasteiger partial charge on any atom is -0.491 e. The first-order chi connectivity index (χ1) is 25.1. The number of anilines is 3. The molecule has 1 atom stereocenters. The van der Waals surface area contributed by atoms with Gasteiger partial charge in [0.25, 0.3) is 11.8 Å². The van der Waals surface area contributed by atoms with Gasteiger partial charge in [0.2, 0.25) is 5.91 Å². The molecule has 52 heavy (non-hydrogen) atoms. The van der Waals surface area contributed by atoms with Crippen molar-refractivity contribution in [3.05, 3.63) is 71.3 Å². The lowest BCUT2D eigenvalue weighted by Crippen LogP contribution is -2.19. The van der Waals surface area contributed by atoms with Crippen molar-refractivity contribution in [3.8, 4) is 17.2 Å². The maximum atomic E-state index is 13.6. The first-order valence-corrected chi connectivity index (χ1v) is 18.6. The maximum Gasteiger partial charge on any atom is 0.335 e. The van der Waals surface area contributed by atoms with E-state index in [1.807, 2.05) is 13.8 Å². The third kappa shape index (κ3) is 10.7. The minimum atomic E-state index is -1.09. The largest absolute Gasteiger partial charge is 0.491 e. The molecule has 4 N–H and O–H groups in total. The van der Waals surface area contributed by atoms with E-state index in [4.69, 9.17) is 14.2 Å². The molecule has 5 rings (SSSR count). The number of ether oxygens (including phenoxy) is 3. The molecule has 3 amide bonds. The second-order valence-electron chi connectivity index (χ2n) is 14.0. The van der Waals surface area contributed by atoms with Gasteiger partial charge in [-0.15, -0.1) is 0 Å². The molecule has 2 fully saturated rings. The summed E-state index contributed by atoms with van der Waals surface area (Å²) in [5, 5.41) is 18.2. The fraction of sp³-hybridized carbons (Fsp3) is 0.463. The van der Waals surface area contributed by atoms with E-state index in [0.717, 1.165) is 38.5 Å². The highest BCUT2D eigenvalue weighted by Gasteiger charge is 2.21. The molecule has 0 bridgehead atoms. The third-order valence-corrected chi connectivity index (χ3v) is 9.82. The maximum absolute atomic E-state index is 13.6. The highest BCUT2D eigenvalue weighted by molar-refractivity contribution is 6.08. The Kier molecular flexibility index (Phi) is 13.5. The Balaban J connectivity index is 1.34. The molecule has 0 heterocycles. The molecule has 3 aromatic carbocycles. The van der Waals surface area contributed by atoms with Crippen LogP contribution in [0.5, 0.6) is 17.2 Å². The Hall–Kier alpha value is -5.06. The van der Waals surface area contributed by atoms with Crippen LogP contribution in [0.3, 0.4) is 0 Å². The highest BCUT2D eigenvalue weighted by Crippen LogP contribution is 2.34. The number of hydrogen-bond donors (Lipinski definition) is 4. The van der Waals surface area contributed by atoms with Crippen LogP contribution in [0.2, 0.25) is 0 Å². The fourth-order valence-corrected chi connectivity index (χ4v) is 6.63. The summed E-state index contributed by atoms with van der Waals surface area (Å²) >= 11 is 0. The standard InChI is InChI=1S/C41H51N3O8/c1-4-26(2)52-38-22-31(40(47)43-34-20-17-32(41(48)49)23-37(34)51-25-29-13-9-6-10-14-29)16-19-35(38)44-39(46)30-15-18-33(42-27(3)45)36(21-30)50-24-28-11-7-5-8-12-28/h15-23,26,28-29H,4-14,24-25H2,1-3H3,(H,42,45)(H,43,47)(H,44,46)(H,48,49). The summed E-state index contributed by atoms with van der Waals surface area (Å²) in [5.74, 6) is -0.351. The molecule has 0 aliphatic heterocycles. The lowest BCUT2D eigenvalue weighted by atomic mass is 9.90. The number of carbonyl (C=O) groups excluding carboxylic acids is 3. The molecule has 1 unspecified atom stereocenters. The van der Waals surface area contributed by atoms with Crippen LogP contribution in [0, 0.1) is 11.8 Å². The van der Waals surface area contributed by atoms with E-state index in [-0.39, 0.29) is 23.1 Å². The van der Waals surface area contributed by atoms with Gasteiger partial charge in [0, 0.05) is 18.1 Å². The lowest BCUT2D eigenvalue weighted by Gasteiger charge is -2.23. The van der Waals surface area contributed by atoms with Crippen molar-refractivity contribution in [2.45, 2.75) is 97.5 Å². The molecular formula is C41H51N3O8. The predicted octanol–water partition coefficient (Wildman–Crippen LogP) is 8.94. The molecule has 3 aromatic rings. The Morgan fingerprint density at radius 1 is 0.654 bits per heavy atom. The summed E-state index contributed by atoms with van der Waals surface area (Å²) < 4.78 is 18.5. The highest BCUT2D eigenvalue weighted by atomic mass is 16.5. The van der Waals surface area contributed by atoms with E-state index >= 15 is 0 Å². The molecule has 2 saturated carbocycles. The van der Waals surface area contributed by atoms with Crippen LogP contribution in [0.4, 0.5) is 17.1 Å². The normalized spacial score (nSPS) is 15.6. The number of carbonyl (C=O) groups is 4. The molecule has 2 aliphatic carbocycles. The molecular weight excluding hydrogens is 662 g/mol. The van der Waals surface area contributed by atoms with E-state index in [1.54, 1.807) is 36.4 Å². The van der Waals surface area contributed by atoms with Crippen molar-refractivity contribution in [2.75, 3.05) is 29.2 Å². The number of carboxylic acid groups (broad SMARTS) is 1. The van der Waals surface area contributed by atoms with Gasteiger partial charge in [-0.25, -0.2) is 4.79 Å². The summed E-state index contributed by atoms with van der Waals surface area (Å²) in [5.41, 5.74) is 1.89. The Labute approximate surface area is 305 Å². The van der Waals surface area contributed by atoms with Crippen molar-refractivity contribution >= 4 is 40.8 Å². The zero-order valence-electron chi connectivity index (χ0n) is 30.4. The van der Waals surface area contributed by atoms with Gasteiger partial charge in [-0.3, -0.25) is 14.4 Å². The smallest absolute Gasteiger partial charge is 0.335 e. The van der Waals surface area contributed by atoms with Crippen LogP contribution in [0.15, 0.2) is 54.6 Å². The average molecular weight is 714 g/mol. The average Bonchev–Trinajstić information content (AvgIpc) is 3.15. The summed E-state index contributed by atoms with van der Waals surface area (Å²) in [7, 11) is 0. The quantitative estimate of drug-likeness (QED) is 0.122. The Morgan fingerprint density at radius 2 is 1.08 bits per heavy atom. The second kappa shape index (κ2) is 18.4. The van der Waals surface area contributed by atoms with Gasteiger partial charge in [0.15, 0.2) is 0 Å². The van der Waals surface area contributed by atoms with Gasteiger partial charge in [0.05, 0.1) is 41.9 Å². The van der Waals surface area contributed by atoms with Crippen LogP contribution >= 0.6 is 0 Å². The van der Waals surface area contributed by atoms with Crippen molar-refractivity contribution in [3.63, 3.8) is 0 Å². The summed E-state index contributed by atoms with van der Waals surface area (Å²) in [6.45, 7) is 6.24. The minimum absolute atomic E-state index is 0.0636. The van der Waals surface area contributed by atoms with Crippen LogP contribution in [-0.2, 0) is 4.79 Å². The second-order valence-corrected chi connectivity index (χ2v) is 14.0. The first kappa shape index (κ1) is 38.2. The number of rotatable bonds is 15. The number of hydrogen-bond acceptors (Lipinski definition) is 7. The number of benzene rings is 3. The SMILES string of the molecule is CCC(C)Oc1cc(C(=O)Nc2ccc(C(=O)O)cc2OCC2CCCCC2)ccc1NC(=O)c1ccc(NC(C)=O)c(OCC2CCCCC2)c1. The van der Waals surface area contributed by atoms with Crippen molar-refractivity contribution in [2.24, 2.45) is 11.8 Å². The van der Waals surface area contributed by atoms with Gasteiger partial charge < -0.3 is 35.3 Å². The number of aromatic carboxylic acids is 1. The molecule has 0 spiro atoms. The van der Waals surface area contributed by atoms with Gasteiger partial charge in [-0.1, -0.05) is 45.4 Å².